The molecule has 1 aliphatic carbocycles. The lowest BCUT2D eigenvalue weighted by molar-refractivity contribution is 0.0933. The maximum Gasteiger partial charge on any atom is 0.252 e. The van der Waals surface area contributed by atoms with Crippen molar-refractivity contribution in [2.75, 3.05) is 0 Å². The number of carbonyl (C=O) groups excluding carboxylic acids is 1. The van der Waals surface area contributed by atoms with E-state index in [1.807, 2.05) is 48.5 Å². The Morgan fingerprint density at radius 2 is 1.83 bits per heavy atom. The van der Waals surface area contributed by atoms with Crippen LogP contribution in [0.25, 0.3) is 10.9 Å². The van der Waals surface area contributed by atoms with Crippen molar-refractivity contribution in [3.8, 4) is 0 Å². The van der Waals surface area contributed by atoms with Crippen molar-refractivity contribution < 1.29 is 4.79 Å². The zero-order valence-corrected chi connectivity index (χ0v) is 12.8. The number of hydrogen-bond donors (Lipinski definition) is 1. The summed E-state index contributed by atoms with van der Waals surface area (Å²) in [6.07, 6.45) is 4.11. The molecule has 1 atom stereocenters. The molecule has 1 saturated carbocycles. The molecule has 3 aromatic rings. The highest BCUT2D eigenvalue weighted by atomic mass is 16.1. The van der Waals surface area contributed by atoms with Gasteiger partial charge in [-0.05, 0) is 42.5 Å². The average molecular weight is 302 g/mol. The van der Waals surface area contributed by atoms with Gasteiger partial charge in [0.25, 0.3) is 5.91 Å². The molecular weight excluding hydrogens is 284 g/mol. The molecule has 1 fully saturated rings. The summed E-state index contributed by atoms with van der Waals surface area (Å²) in [6.45, 7) is 0. The standard InChI is InChI=1S/C20H18N2O/c23-20(17-8-4-10-18-16(17)9-5-13-21-18)22-19(15-11-12-15)14-6-2-1-3-7-14/h1-10,13,15,19H,11-12H2,(H,22,23). The summed E-state index contributed by atoms with van der Waals surface area (Å²) in [5, 5.41) is 4.14. The Hall–Kier alpha value is -2.68. The first kappa shape index (κ1) is 13.9. The predicted octanol–water partition coefficient (Wildman–Crippen LogP) is 4.12. The van der Waals surface area contributed by atoms with Gasteiger partial charge in [0.2, 0.25) is 0 Å². The van der Waals surface area contributed by atoms with Crippen molar-refractivity contribution in [1.29, 1.82) is 0 Å². The van der Waals surface area contributed by atoms with Crippen LogP contribution in [0, 0.1) is 5.92 Å². The van der Waals surface area contributed by atoms with Gasteiger partial charge in [-0.2, -0.15) is 0 Å². The molecule has 0 radical (unpaired) electrons. The summed E-state index contributed by atoms with van der Waals surface area (Å²) in [7, 11) is 0. The third kappa shape index (κ3) is 2.82. The fraction of sp³-hybridized carbons (Fsp3) is 0.200. The highest BCUT2D eigenvalue weighted by molar-refractivity contribution is 6.06. The summed E-state index contributed by atoms with van der Waals surface area (Å²) in [4.78, 5) is 17.2. The van der Waals surface area contributed by atoms with Crippen molar-refractivity contribution >= 4 is 16.8 Å². The van der Waals surface area contributed by atoms with Gasteiger partial charge in [0.05, 0.1) is 11.6 Å². The third-order valence-corrected chi connectivity index (χ3v) is 4.43. The second-order valence-electron chi connectivity index (χ2n) is 6.07. The Morgan fingerprint density at radius 3 is 2.61 bits per heavy atom. The molecule has 1 heterocycles. The number of pyridine rings is 1. The van der Waals surface area contributed by atoms with Gasteiger partial charge >= 0.3 is 0 Å². The first-order valence-electron chi connectivity index (χ1n) is 8.02. The quantitative estimate of drug-likeness (QED) is 0.788. The van der Waals surface area contributed by atoms with Crippen LogP contribution < -0.4 is 5.32 Å². The molecule has 2 aromatic carbocycles. The Morgan fingerprint density at radius 1 is 1.00 bits per heavy atom. The summed E-state index contributed by atoms with van der Waals surface area (Å²) in [5.74, 6) is 0.527. The average Bonchev–Trinajstić information content (AvgIpc) is 3.44. The van der Waals surface area contributed by atoms with Crippen molar-refractivity contribution in [1.82, 2.24) is 10.3 Å². The molecule has 1 aliphatic rings. The number of nitrogens with zero attached hydrogens (tertiary/aromatic N) is 1. The smallest absolute Gasteiger partial charge is 0.252 e. The highest BCUT2D eigenvalue weighted by Gasteiger charge is 2.33. The molecule has 1 unspecified atom stereocenters. The molecule has 0 spiro atoms. The molecule has 114 valence electrons. The van der Waals surface area contributed by atoms with Gasteiger partial charge in [0.15, 0.2) is 0 Å². The number of amides is 1. The Labute approximate surface area is 135 Å². The molecule has 3 heteroatoms. The van der Waals surface area contributed by atoms with Crippen LogP contribution in [0.5, 0.6) is 0 Å². The van der Waals surface area contributed by atoms with Crippen LogP contribution in [-0.4, -0.2) is 10.9 Å². The third-order valence-electron chi connectivity index (χ3n) is 4.43. The van der Waals surface area contributed by atoms with Crippen molar-refractivity contribution in [2.45, 2.75) is 18.9 Å². The SMILES string of the molecule is O=C(NC(c1ccccc1)C1CC1)c1cccc2ncccc12. The molecule has 1 amide bonds. The second kappa shape index (κ2) is 5.84. The van der Waals surface area contributed by atoms with Crippen molar-refractivity contribution in [2.24, 2.45) is 5.92 Å². The van der Waals surface area contributed by atoms with Crippen LogP contribution in [0.15, 0.2) is 66.9 Å². The van der Waals surface area contributed by atoms with E-state index in [2.05, 4.69) is 22.4 Å². The van der Waals surface area contributed by atoms with Gasteiger partial charge in [0, 0.05) is 17.1 Å². The van der Waals surface area contributed by atoms with Crippen LogP contribution in [0.1, 0.15) is 34.8 Å². The second-order valence-corrected chi connectivity index (χ2v) is 6.07. The largest absolute Gasteiger partial charge is 0.345 e. The summed E-state index contributed by atoms with van der Waals surface area (Å²) in [5.41, 5.74) is 2.72. The van der Waals surface area contributed by atoms with Gasteiger partial charge in [0.1, 0.15) is 0 Å². The summed E-state index contributed by atoms with van der Waals surface area (Å²) in [6, 6.07) is 19.8. The van der Waals surface area contributed by atoms with E-state index in [9.17, 15) is 4.79 Å². The molecule has 4 rings (SSSR count). The van der Waals surface area contributed by atoms with Gasteiger partial charge in [-0.25, -0.2) is 0 Å². The molecular formula is C20H18N2O. The molecule has 0 aliphatic heterocycles. The maximum absolute atomic E-state index is 12.8. The Balaban J connectivity index is 1.65. The molecule has 0 bridgehead atoms. The van der Waals surface area contributed by atoms with E-state index >= 15 is 0 Å². The maximum atomic E-state index is 12.8. The molecule has 3 nitrogen and oxygen atoms in total. The van der Waals surface area contributed by atoms with Gasteiger partial charge in [-0.1, -0.05) is 42.5 Å². The van der Waals surface area contributed by atoms with E-state index < -0.39 is 0 Å². The number of aromatic nitrogens is 1. The molecule has 23 heavy (non-hydrogen) atoms. The van der Waals surface area contributed by atoms with Crippen molar-refractivity contribution in [3.63, 3.8) is 0 Å². The van der Waals surface area contributed by atoms with E-state index in [0.29, 0.717) is 11.5 Å². The minimum absolute atomic E-state index is 0.0237. The van der Waals surface area contributed by atoms with E-state index in [0.717, 1.165) is 10.9 Å². The van der Waals surface area contributed by atoms with Gasteiger partial charge < -0.3 is 5.32 Å². The zero-order valence-electron chi connectivity index (χ0n) is 12.8. The lowest BCUT2D eigenvalue weighted by Crippen LogP contribution is -2.30. The predicted molar refractivity (Wildman–Crippen MR) is 91.1 cm³/mol. The van der Waals surface area contributed by atoms with Crippen LogP contribution in [0.2, 0.25) is 0 Å². The first-order valence-corrected chi connectivity index (χ1v) is 8.02. The lowest BCUT2D eigenvalue weighted by Gasteiger charge is -2.19. The molecule has 1 N–H and O–H groups in total. The lowest BCUT2D eigenvalue weighted by atomic mass is 10.0. The van der Waals surface area contributed by atoms with Crippen LogP contribution in [0.4, 0.5) is 0 Å². The summed E-state index contributed by atoms with van der Waals surface area (Å²) >= 11 is 0. The Kier molecular flexibility index (Phi) is 3.54. The molecule has 1 aromatic heterocycles. The van der Waals surface area contributed by atoms with Crippen molar-refractivity contribution in [3.05, 3.63) is 78.0 Å². The Bertz CT molecular complexity index is 835. The van der Waals surface area contributed by atoms with E-state index in [-0.39, 0.29) is 11.9 Å². The fourth-order valence-electron chi connectivity index (χ4n) is 3.08. The topological polar surface area (TPSA) is 42.0 Å². The number of carbonyl (C=O) groups is 1. The highest BCUT2D eigenvalue weighted by Crippen LogP contribution is 2.41. The van der Waals surface area contributed by atoms with E-state index in [1.165, 1.54) is 18.4 Å². The normalized spacial score (nSPS) is 15.3. The number of benzene rings is 2. The van der Waals surface area contributed by atoms with Crippen LogP contribution in [-0.2, 0) is 0 Å². The van der Waals surface area contributed by atoms with E-state index in [1.54, 1.807) is 6.20 Å². The monoisotopic (exact) mass is 302 g/mol. The summed E-state index contributed by atoms with van der Waals surface area (Å²) < 4.78 is 0. The van der Waals surface area contributed by atoms with Gasteiger partial charge in [-0.15, -0.1) is 0 Å². The fourth-order valence-corrected chi connectivity index (χ4v) is 3.08. The zero-order chi connectivity index (χ0) is 15.6. The number of hydrogen-bond acceptors (Lipinski definition) is 2. The van der Waals surface area contributed by atoms with E-state index in [4.69, 9.17) is 0 Å². The minimum atomic E-state index is -0.0237. The minimum Gasteiger partial charge on any atom is -0.345 e. The molecule has 0 saturated heterocycles. The van der Waals surface area contributed by atoms with Crippen LogP contribution in [0.3, 0.4) is 0 Å². The number of nitrogens with one attached hydrogen (secondary N) is 1. The first-order chi connectivity index (χ1) is 11.3. The van der Waals surface area contributed by atoms with Gasteiger partial charge in [-0.3, -0.25) is 9.78 Å². The van der Waals surface area contributed by atoms with Crippen LogP contribution >= 0.6 is 0 Å². The number of rotatable bonds is 4. The number of fused-ring (bicyclic) bond motifs is 1.